The molecule has 1 aromatic heterocycles. The maximum atomic E-state index is 13.5. The summed E-state index contributed by atoms with van der Waals surface area (Å²) in [4.78, 5) is 28.2. The number of rotatable bonds is 5. The Balaban J connectivity index is 0.000000550. The van der Waals surface area contributed by atoms with Gasteiger partial charge in [0.05, 0.1) is 24.4 Å². The second kappa shape index (κ2) is 17.9. The van der Waals surface area contributed by atoms with Gasteiger partial charge in [-0.25, -0.2) is 4.39 Å². The highest BCUT2D eigenvalue weighted by Crippen LogP contribution is 2.37. The molecule has 1 aromatic carbocycles. The lowest BCUT2D eigenvalue weighted by atomic mass is 10.1. The molecule has 2 fully saturated rings. The molecule has 1 amide bonds. The van der Waals surface area contributed by atoms with Gasteiger partial charge in [0.2, 0.25) is 0 Å². The number of likely N-dealkylation sites (tertiary alicyclic amines) is 1. The molecule has 0 saturated carbocycles. The van der Waals surface area contributed by atoms with Crippen LogP contribution in [0.2, 0.25) is 5.02 Å². The molecule has 14 heteroatoms. The lowest BCUT2D eigenvalue weighted by Crippen LogP contribution is -2.49. The molecule has 45 heavy (non-hydrogen) atoms. The molecule has 3 aliphatic rings. The molecule has 2 aromatic rings. The molecule has 4 heterocycles. The number of amides is 1. The Morgan fingerprint density at radius 2 is 1.69 bits per heavy atom. The molecule has 2 saturated heterocycles. The Hall–Kier alpha value is -3.47. The highest BCUT2D eigenvalue weighted by Gasteiger charge is 2.35. The van der Waals surface area contributed by atoms with E-state index in [9.17, 15) is 22.4 Å². The van der Waals surface area contributed by atoms with E-state index in [2.05, 4.69) is 28.5 Å². The first-order chi connectivity index (χ1) is 21.4. The fourth-order valence-electron chi connectivity index (χ4n) is 5.12. The lowest BCUT2D eigenvalue weighted by Gasteiger charge is -2.35. The highest BCUT2D eigenvalue weighted by atomic mass is 35.5. The van der Waals surface area contributed by atoms with Crippen LogP contribution in [-0.4, -0.2) is 84.0 Å². The summed E-state index contributed by atoms with van der Waals surface area (Å²) in [5.74, 6) is -1.15. The number of alkyl halides is 3. The third-order valence-corrected chi connectivity index (χ3v) is 7.42. The third-order valence-electron chi connectivity index (χ3n) is 7.18. The minimum Gasteiger partial charge on any atom is -0.467 e. The number of hydrogen-bond acceptors (Lipinski definition) is 8. The van der Waals surface area contributed by atoms with Crippen LogP contribution >= 0.6 is 11.6 Å². The van der Waals surface area contributed by atoms with Crippen LogP contribution < -0.4 is 9.64 Å². The molecule has 9 nitrogen and oxygen atoms in total. The van der Waals surface area contributed by atoms with Crippen molar-refractivity contribution >= 4 is 23.3 Å². The second-order valence-electron chi connectivity index (χ2n) is 10.3. The van der Waals surface area contributed by atoms with Gasteiger partial charge in [-0.05, 0) is 56.7 Å². The van der Waals surface area contributed by atoms with Gasteiger partial charge in [-0.3, -0.25) is 9.69 Å². The van der Waals surface area contributed by atoms with Gasteiger partial charge in [-0.1, -0.05) is 32.0 Å². The van der Waals surface area contributed by atoms with E-state index in [4.69, 9.17) is 21.6 Å². The van der Waals surface area contributed by atoms with Crippen molar-refractivity contribution in [3.63, 3.8) is 0 Å². The zero-order chi connectivity index (χ0) is 33.7. The number of aromatic nitrogens is 2. The van der Waals surface area contributed by atoms with Gasteiger partial charge < -0.3 is 19.4 Å². The summed E-state index contributed by atoms with van der Waals surface area (Å²) in [6.07, 6.45) is -1.67. The van der Waals surface area contributed by atoms with Gasteiger partial charge in [0.25, 0.3) is 5.91 Å². The largest absolute Gasteiger partial charge is 0.467 e. The molecule has 248 valence electrons. The van der Waals surface area contributed by atoms with Crippen molar-refractivity contribution in [3.8, 4) is 12.1 Å². The molecule has 5 rings (SSSR count). The van der Waals surface area contributed by atoms with Gasteiger partial charge in [-0.2, -0.15) is 28.4 Å². The molecule has 0 unspecified atom stereocenters. The minimum atomic E-state index is -4.50. The summed E-state index contributed by atoms with van der Waals surface area (Å²) in [6, 6.07) is 5.44. The number of ether oxygens (including phenoxy) is 1. The van der Waals surface area contributed by atoms with Crippen LogP contribution in [0.1, 0.15) is 56.0 Å². The number of nitriles is 1. The van der Waals surface area contributed by atoms with E-state index in [1.807, 2.05) is 23.6 Å². The Kier molecular flexibility index (Phi) is 15.0. The van der Waals surface area contributed by atoms with Crippen LogP contribution in [0.4, 0.5) is 23.4 Å². The van der Waals surface area contributed by atoms with Gasteiger partial charge >= 0.3 is 12.2 Å². The molecule has 0 aliphatic carbocycles. The van der Waals surface area contributed by atoms with Gasteiger partial charge in [0, 0.05) is 63.3 Å². The van der Waals surface area contributed by atoms with Crippen molar-refractivity contribution in [2.45, 2.75) is 59.4 Å². The van der Waals surface area contributed by atoms with Crippen LogP contribution in [0, 0.1) is 11.3 Å². The van der Waals surface area contributed by atoms with E-state index in [1.165, 1.54) is 57.0 Å². The van der Waals surface area contributed by atoms with E-state index < -0.39 is 23.5 Å². The number of hydrogen-bond donors (Lipinski definition) is 0. The number of benzene rings is 1. The van der Waals surface area contributed by atoms with Crippen molar-refractivity contribution in [2.75, 3.05) is 58.3 Å². The predicted molar refractivity (Wildman–Crippen MR) is 166 cm³/mol. The van der Waals surface area contributed by atoms with E-state index >= 15 is 0 Å². The first kappa shape index (κ1) is 37.7. The zero-order valence-electron chi connectivity index (χ0n) is 26.6. The number of nitrogens with zero attached hydrogens (tertiary/aromatic N) is 7. The SMILES string of the molecule is C=C(F)C(=O)N1CCN(c2nc(OC)nc3c2CN(Cc2cc(Cl)ccc2C(F)(F)F)C3)CC1.CC.CC#N.CN1CCCC1. The first-order valence-electron chi connectivity index (χ1n) is 14.8. The Morgan fingerprint density at radius 3 is 2.18 bits per heavy atom. The zero-order valence-corrected chi connectivity index (χ0v) is 27.3. The number of anilines is 1. The maximum absolute atomic E-state index is 13.5. The van der Waals surface area contributed by atoms with Crippen molar-refractivity contribution < 1.29 is 27.1 Å². The average Bonchev–Trinajstić information content (AvgIpc) is 3.65. The summed E-state index contributed by atoms with van der Waals surface area (Å²) in [5.41, 5.74) is 0.791. The fourth-order valence-corrected chi connectivity index (χ4v) is 5.32. The normalized spacial score (nSPS) is 16.2. The minimum absolute atomic E-state index is 0.0222. The maximum Gasteiger partial charge on any atom is 0.416 e. The predicted octanol–water partition coefficient (Wildman–Crippen LogP) is 6.07. The Morgan fingerprint density at radius 1 is 1.09 bits per heavy atom. The summed E-state index contributed by atoms with van der Waals surface area (Å²) >= 11 is 5.97. The summed E-state index contributed by atoms with van der Waals surface area (Å²) < 4.78 is 58.9. The fraction of sp³-hybridized carbons (Fsp3) is 0.548. The number of halogens is 5. The molecule has 0 atom stereocenters. The van der Waals surface area contributed by atoms with E-state index in [-0.39, 0.29) is 36.2 Å². The number of piperazine rings is 1. The second-order valence-corrected chi connectivity index (χ2v) is 10.8. The van der Waals surface area contributed by atoms with Crippen LogP contribution in [0.5, 0.6) is 6.01 Å². The van der Waals surface area contributed by atoms with Gasteiger partial charge in [0.15, 0.2) is 5.83 Å². The van der Waals surface area contributed by atoms with E-state index in [0.29, 0.717) is 37.7 Å². The average molecular weight is 656 g/mol. The Labute approximate surface area is 268 Å². The van der Waals surface area contributed by atoms with Gasteiger partial charge in [0.1, 0.15) is 5.82 Å². The van der Waals surface area contributed by atoms with Crippen LogP contribution in [0.15, 0.2) is 30.6 Å². The van der Waals surface area contributed by atoms with Crippen molar-refractivity contribution in [1.82, 2.24) is 24.7 Å². The van der Waals surface area contributed by atoms with Crippen LogP contribution in [-0.2, 0) is 30.6 Å². The number of carbonyl (C=O) groups excluding carboxylic acids is 1. The molecule has 0 spiro atoms. The molecular formula is C31H42ClF4N7O2. The number of methoxy groups -OCH3 is 1. The van der Waals surface area contributed by atoms with Crippen molar-refractivity contribution in [3.05, 3.63) is 58.0 Å². The van der Waals surface area contributed by atoms with Crippen molar-refractivity contribution in [1.29, 1.82) is 5.26 Å². The van der Waals surface area contributed by atoms with Crippen molar-refractivity contribution in [2.24, 2.45) is 0 Å². The molecule has 3 aliphatic heterocycles. The third kappa shape index (κ3) is 10.8. The topological polar surface area (TPSA) is 88.8 Å². The molecule has 0 N–H and O–H groups in total. The van der Waals surface area contributed by atoms with E-state index in [1.54, 1.807) is 6.07 Å². The standard InChI is InChI=1S/C22H22ClF4N5O2.C5H11N.C2H3N.C2H6/c1-13(24)20(33)32-7-5-31(6-8-32)19-16-11-30(12-18(16)28-21(29-19)34-2)10-14-9-15(23)3-4-17(14)22(25,26)27;1-6-4-2-3-5-6;1-2-3;1-2/h3-4,9H,1,5-8,10-12H2,2H3;2-5H2,1H3;1H3;1-2H3. The molecule has 0 bridgehead atoms. The monoisotopic (exact) mass is 655 g/mol. The Bertz CT molecular complexity index is 1320. The highest BCUT2D eigenvalue weighted by molar-refractivity contribution is 6.30. The van der Waals surface area contributed by atoms with E-state index in [0.717, 1.165) is 11.6 Å². The van der Waals surface area contributed by atoms with Crippen LogP contribution in [0.25, 0.3) is 0 Å². The van der Waals surface area contributed by atoms with Crippen LogP contribution in [0.3, 0.4) is 0 Å². The summed E-state index contributed by atoms with van der Waals surface area (Å²) in [7, 11) is 3.61. The molecular weight excluding hydrogens is 614 g/mol. The lowest BCUT2D eigenvalue weighted by molar-refractivity contribution is -0.138. The smallest absolute Gasteiger partial charge is 0.416 e. The van der Waals surface area contributed by atoms with Gasteiger partial charge in [-0.15, -0.1) is 0 Å². The quantitative estimate of drug-likeness (QED) is 0.283. The first-order valence-corrected chi connectivity index (χ1v) is 15.2. The number of carbonyl (C=O) groups is 1. The summed E-state index contributed by atoms with van der Waals surface area (Å²) in [5, 5.41) is 7.55. The summed E-state index contributed by atoms with van der Waals surface area (Å²) in [6.45, 7) is 13.2. The molecule has 0 radical (unpaired) electrons. The number of fused-ring (bicyclic) bond motifs is 1.